The molecule has 0 spiro atoms. The molecule has 1 heterocycles. The lowest BCUT2D eigenvalue weighted by Gasteiger charge is -2.28. The molecular formula is C14H17BrFNO2S. The Labute approximate surface area is 131 Å². The van der Waals surface area contributed by atoms with E-state index in [-0.39, 0.29) is 17.8 Å². The molecule has 0 aliphatic carbocycles. The molecule has 1 aliphatic heterocycles. The van der Waals surface area contributed by atoms with E-state index in [1.165, 1.54) is 12.1 Å². The summed E-state index contributed by atoms with van der Waals surface area (Å²) >= 11 is 4.98. The van der Waals surface area contributed by atoms with Crippen LogP contribution in [0.25, 0.3) is 0 Å². The largest absolute Gasteiger partial charge is 0.383 e. The minimum absolute atomic E-state index is 0.0600. The summed E-state index contributed by atoms with van der Waals surface area (Å²) in [5.74, 6) is 1.61. The molecule has 2 rings (SSSR count). The minimum atomic E-state index is -0.360. The Kier molecular flexibility index (Phi) is 5.86. The van der Waals surface area contributed by atoms with E-state index in [2.05, 4.69) is 15.9 Å². The van der Waals surface area contributed by atoms with Crippen LogP contribution in [0, 0.1) is 5.82 Å². The van der Waals surface area contributed by atoms with Gasteiger partial charge in [0.2, 0.25) is 0 Å². The molecule has 0 aromatic heterocycles. The monoisotopic (exact) mass is 361 g/mol. The summed E-state index contributed by atoms with van der Waals surface area (Å²) in [4.78, 5) is 14.5. The van der Waals surface area contributed by atoms with Crippen molar-refractivity contribution in [3.63, 3.8) is 0 Å². The second-order valence-electron chi connectivity index (χ2n) is 4.64. The standard InChI is InChI=1S/C14H17BrFNO2S/c1-19-6-5-17(11-4-7-20-9-11)14(18)10-2-3-13(16)12(15)8-10/h2-3,8,11H,4-7,9H2,1H3. The van der Waals surface area contributed by atoms with Crippen LogP contribution in [0.2, 0.25) is 0 Å². The molecule has 3 nitrogen and oxygen atoms in total. The van der Waals surface area contributed by atoms with Gasteiger partial charge >= 0.3 is 0 Å². The summed E-state index contributed by atoms with van der Waals surface area (Å²) in [5.41, 5.74) is 0.506. The van der Waals surface area contributed by atoms with Crippen LogP contribution in [0.3, 0.4) is 0 Å². The summed E-state index contributed by atoms with van der Waals surface area (Å²) < 4.78 is 18.7. The maximum absolute atomic E-state index is 13.3. The van der Waals surface area contributed by atoms with E-state index in [1.807, 2.05) is 16.7 Å². The Hall–Kier alpha value is -0.590. The van der Waals surface area contributed by atoms with E-state index < -0.39 is 0 Å². The molecule has 1 amide bonds. The van der Waals surface area contributed by atoms with Gasteiger partial charge in [-0.15, -0.1) is 0 Å². The molecule has 0 bridgehead atoms. The van der Waals surface area contributed by atoms with Crippen LogP contribution in [0.15, 0.2) is 22.7 Å². The number of carbonyl (C=O) groups excluding carboxylic acids is 1. The fourth-order valence-electron chi connectivity index (χ4n) is 2.20. The van der Waals surface area contributed by atoms with Crippen LogP contribution in [0.5, 0.6) is 0 Å². The predicted octanol–water partition coefficient (Wildman–Crippen LogP) is 3.18. The van der Waals surface area contributed by atoms with Crippen molar-refractivity contribution < 1.29 is 13.9 Å². The summed E-state index contributed by atoms with van der Waals surface area (Å²) in [5, 5.41) is 0. The number of ether oxygens (including phenoxy) is 1. The second-order valence-corrected chi connectivity index (χ2v) is 6.64. The molecule has 110 valence electrons. The maximum atomic E-state index is 13.3. The van der Waals surface area contributed by atoms with Gasteiger partial charge in [0.05, 0.1) is 11.1 Å². The number of nitrogens with zero attached hydrogens (tertiary/aromatic N) is 1. The van der Waals surface area contributed by atoms with Crippen molar-refractivity contribution in [2.24, 2.45) is 0 Å². The molecule has 1 saturated heterocycles. The highest BCUT2D eigenvalue weighted by atomic mass is 79.9. The van der Waals surface area contributed by atoms with Crippen LogP contribution >= 0.6 is 27.7 Å². The van der Waals surface area contributed by atoms with Gasteiger partial charge in [-0.3, -0.25) is 4.79 Å². The van der Waals surface area contributed by atoms with Crippen LogP contribution in [-0.4, -0.2) is 48.6 Å². The molecule has 6 heteroatoms. The third-order valence-corrected chi connectivity index (χ3v) is 5.06. The molecule has 1 unspecified atom stereocenters. The molecule has 0 saturated carbocycles. The third-order valence-electron chi connectivity index (χ3n) is 3.31. The molecule has 1 fully saturated rings. The Morgan fingerprint density at radius 1 is 1.60 bits per heavy atom. The van der Waals surface area contributed by atoms with E-state index >= 15 is 0 Å². The van der Waals surface area contributed by atoms with E-state index in [0.29, 0.717) is 23.2 Å². The first kappa shape index (κ1) is 15.8. The molecule has 1 aromatic carbocycles. The number of amides is 1. The van der Waals surface area contributed by atoms with Gasteiger partial charge in [-0.25, -0.2) is 4.39 Å². The minimum Gasteiger partial charge on any atom is -0.383 e. The zero-order valence-corrected chi connectivity index (χ0v) is 13.7. The third kappa shape index (κ3) is 3.74. The van der Waals surface area contributed by atoms with Crippen LogP contribution < -0.4 is 0 Å². The lowest BCUT2D eigenvalue weighted by atomic mass is 10.1. The van der Waals surface area contributed by atoms with E-state index in [1.54, 1.807) is 13.2 Å². The van der Waals surface area contributed by atoms with Gasteiger partial charge < -0.3 is 9.64 Å². The zero-order valence-electron chi connectivity index (χ0n) is 11.3. The van der Waals surface area contributed by atoms with Crippen LogP contribution in [0.4, 0.5) is 4.39 Å². The van der Waals surface area contributed by atoms with Gasteiger partial charge in [-0.05, 0) is 46.3 Å². The van der Waals surface area contributed by atoms with Gasteiger partial charge in [0.1, 0.15) is 5.82 Å². The van der Waals surface area contributed by atoms with E-state index in [0.717, 1.165) is 17.9 Å². The SMILES string of the molecule is COCCN(C(=O)c1ccc(F)c(Br)c1)C1CCSC1. The molecule has 0 N–H and O–H groups in total. The highest BCUT2D eigenvalue weighted by molar-refractivity contribution is 9.10. The van der Waals surface area contributed by atoms with Crippen molar-refractivity contribution in [2.45, 2.75) is 12.5 Å². The molecule has 20 heavy (non-hydrogen) atoms. The van der Waals surface area contributed by atoms with Gasteiger partial charge in [-0.2, -0.15) is 11.8 Å². The summed E-state index contributed by atoms with van der Waals surface area (Å²) in [6.07, 6.45) is 1.00. The first-order valence-electron chi connectivity index (χ1n) is 6.46. The molecule has 1 atom stereocenters. The van der Waals surface area contributed by atoms with Crippen molar-refractivity contribution in [1.29, 1.82) is 0 Å². The molecule has 0 radical (unpaired) electrons. The number of hydrogen-bond acceptors (Lipinski definition) is 3. The lowest BCUT2D eigenvalue weighted by molar-refractivity contribution is 0.0624. The topological polar surface area (TPSA) is 29.5 Å². The van der Waals surface area contributed by atoms with Gasteiger partial charge in [0.15, 0.2) is 0 Å². The number of halogens is 2. The molecule has 1 aliphatic rings. The van der Waals surface area contributed by atoms with Crippen molar-refractivity contribution in [3.8, 4) is 0 Å². The average molecular weight is 362 g/mol. The van der Waals surface area contributed by atoms with Crippen molar-refractivity contribution in [1.82, 2.24) is 4.90 Å². The number of carbonyl (C=O) groups is 1. The Balaban J connectivity index is 2.17. The lowest BCUT2D eigenvalue weighted by Crippen LogP contribution is -2.42. The smallest absolute Gasteiger partial charge is 0.254 e. The van der Waals surface area contributed by atoms with E-state index in [9.17, 15) is 9.18 Å². The fraction of sp³-hybridized carbons (Fsp3) is 0.500. The Morgan fingerprint density at radius 2 is 2.40 bits per heavy atom. The Morgan fingerprint density at radius 3 is 3.00 bits per heavy atom. The van der Waals surface area contributed by atoms with Crippen LogP contribution in [-0.2, 0) is 4.74 Å². The second kappa shape index (κ2) is 7.43. The fourth-order valence-corrected chi connectivity index (χ4v) is 3.81. The van der Waals surface area contributed by atoms with Gasteiger partial charge in [0.25, 0.3) is 5.91 Å². The van der Waals surface area contributed by atoms with Crippen molar-refractivity contribution >= 4 is 33.6 Å². The number of thioether (sulfide) groups is 1. The highest BCUT2D eigenvalue weighted by Gasteiger charge is 2.27. The first-order valence-corrected chi connectivity index (χ1v) is 8.41. The number of benzene rings is 1. The van der Waals surface area contributed by atoms with E-state index in [4.69, 9.17) is 4.74 Å². The first-order chi connectivity index (χ1) is 9.63. The zero-order chi connectivity index (χ0) is 14.5. The summed E-state index contributed by atoms with van der Waals surface area (Å²) in [6.45, 7) is 1.07. The number of methoxy groups -OCH3 is 1. The summed E-state index contributed by atoms with van der Waals surface area (Å²) in [7, 11) is 1.63. The highest BCUT2D eigenvalue weighted by Crippen LogP contribution is 2.25. The predicted molar refractivity (Wildman–Crippen MR) is 82.7 cm³/mol. The van der Waals surface area contributed by atoms with Crippen molar-refractivity contribution in [3.05, 3.63) is 34.1 Å². The average Bonchev–Trinajstić information content (AvgIpc) is 2.96. The Bertz CT molecular complexity index is 480. The normalized spacial score (nSPS) is 18.2. The molecular weight excluding hydrogens is 345 g/mol. The number of hydrogen-bond donors (Lipinski definition) is 0. The quantitative estimate of drug-likeness (QED) is 0.806. The number of rotatable bonds is 5. The molecule has 1 aromatic rings. The summed E-state index contributed by atoms with van der Waals surface area (Å²) in [6, 6.07) is 4.63. The van der Waals surface area contributed by atoms with Crippen LogP contribution in [0.1, 0.15) is 16.8 Å². The van der Waals surface area contributed by atoms with Gasteiger partial charge in [0, 0.05) is 31.0 Å². The van der Waals surface area contributed by atoms with Crippen molar-refractivity contribution in [2.75, 3.05) is 31.8 Å². The maximum Gasteiger partial charge on any atom is 0.254 e. The van der Waals surface area contributed by atoms with Gasteiger partial charge in [-0.1, -0.05) is 0 Å².